The Kier molecular flexibility index (Phi) is 21.1. The van der Waals surface area contributed by atoms with Crippen molar-refractivity contribution in [3.05, 3.63) is 121 Å². The number of carbonyl (C=O) groups excluding carboxylic acids is 1. The molecule has 502 valence electrons. The van der Waals surface area contributed by atoms with Gasteiger partial charge >= 0.3 is 17.1 Å². The number of nitrogens with one attached hydrogen (secondary N) is 3. The first-order chi connectivity index (χ1) is 43.6. The minimum absolute atomic E-state index is 0.111. The number of aliphatic hydroxyl groups is 1. The molecule has 6 aliphatic heterocycles. The van der Waals surface area contributed by atoms with Crippen LogP contribution in [0.3, 0.4) is 0 Å². The summed E-state index contributed by atoms with van der Waals surface area (Å²) in [5.74, 6) is 1.42. The number of piperidine rings is 3. The topological polar surface area (TPSA) is 356 Å². The molecule has 31 nitrogen and oxygen atoms in total. The highest BCUT2D eigenvalue weighted by atomic mass is 32.2. The molecule has 13 atom stereocenters. The number of likely N-dealkylation sites (tertiary alicyclic amines) is 1. The molecule has 0 aromatic carbocycles. The summed E-state index contributed by atoms with van der Waals surface area (Å²) in [5, 5.41) is 19.8. The number of ether oxygens (including phenoxy) is 3. The normalized spacial score (nSPS) is 28.5. The number of fused-ring (bicyclic) bond motifs is 6. The molecular weight excluding hydrogens is 1240 g/mol. The molecule has 0 spiro atoms. The third-order valence-corrected chi connectivity index (χ3v) is 21.3. The van der Waals surface area contributed by atoms with Crippen molar-refractivity contribution in [3.63, 3.8) is 0 Å². The maximum atomic E-state index is 13.1. The number of aliphatic imine (C=N–C) groups is 1. The lowest BCUT2D eigenvalue weighted by Gasteiger charge is -2.46. The first-order valence-corrected chi connectivity index (χ1v) is 33.4. The number of rotatable bonds is 16. The van der Waals surface area contributed by atoms with Crippen molar-refractivity contribution in [2.45, 2.75) is 213 Å². The molecule has 0 saturated carbocycles. The van der Waals surface area contributed by atoms with E-state index in [-0.39, 0.29) is 48.7 Å². The van der Waals surface area contributed by atoms with E-state index < -0.39 is 96.5 Å². The summed E-state index contributed by atoms with van der Waals surface area (Å²) in [6.45, 7) is 35.7. The van der Waals surface area contributed by atoms with Gasteiger partial charge in [0, 0.05) is 93.7 Å². The molecule has 6 aliphatic rings. The molecule has 11 heterocycles. The van der Waals surface area contributed by atoms with Gasteiger partial charge < -0.3 is 57.0 Å². The van der Waals surface area contributed by atoms with Gasteiger partial charge in [-0.05, 0) is 104 Å². The lowest BCUT2D eigenvalue weighted by Crippen LogP contribution is -2.58. The van der Waals surface area contributed by atoms with Gasteiger partial charge in [-0.1, -0.05) is 39.5 Å². The van der Waals surface area contributed by atoms with E-state index >= 15 is 0 Å². The number of aromatic amines is 3. The first-order valence-electron chi connectivity index (χ1n) is 31.1. The van der Waals surface area contributed by atoms with Crippen LogP contribution in [0.15, 0.2) is 61.4 Å². The van der Waals surface area contributed by atoms with Gasteiger partial charge in [-0.2, -0.15) is 15.0 Å². The molecule has 11 rings (SSSR count). The molecule has 33 heteroatoms. The number of hydrogen-bond donors (Lipinski definition) is 4. The van der Waals surface area contributed by atoms with Crippen molar-refractivity contribution < 1.29 is 42.2 Å². The van der Waals surface area contributed by atoms with E-state index in [4.69, 9.17) is 38.9 Å². The van der Waals surface area contributed by atoms with E-state index in [9.17, 15) is 38.7 Å². The predicted octanol–water partition coefficient (Wildman–Crippen LogP) is 4.51. The standard InChI is InChI=1S/C25H38N7O6P.C18H26N4O4S.C16H21N5O5/c1-9-25-10-12-30(23-27-18(7)37-29-23)19(22(36-25)31-14-17(6)21(33)28-24(31)34)20(25)38-39(35-13-11-26-8)32(15(2)3)16(4)5;1-6-18-7-8-21(17(27-5)19-12(4)23)13(11(18)3)15(26-18)22-9-10(2)14(24)20-16(22)25;1-4-16-5-6-20(14-17-9(3)26-19-14)10(11(16)22)13(25-16)21-7-8(2)12(23)18-15(21)24/h14-16,19-20,22H,9-13H2,1-7H3,(H,28,33,34);9,11,13,15H,6-8H2,1-5H3,(H,20,24,25);7,10-11,13,22H,4-6H2,1-3H3,(H,18,23,24)/t19-,20+,22-,25+,39?;11-,13+,15+,18-;10-,11+,13-,16+/m101/s1. The number of aryl methyl sites for hydroxylation is 5. The number of thioether (sulfide) groups is 1. The summed E-state index contributed by atoms with van der Waals surface area (Å²) in [6.07, 6.45) is 6.86. The third-order valence-electron chi connectivity index (χ3n) is 18.5. The molecule has 1 unspecified atom stereocenters. The van der Waals surface area contributed by atoms with Gasteiger partial charge in [-0.25, -0.2) is 25.6 Å². The van der Waals surface area contributed by atoms with E-state index in [1.54, 1.807) is 45.7 Å². The number of aromatic nitrogens is 10. The number of anilines is 2. The number of amidine groups is 1. The van der Waals surface area contributed by atoms with Crippen molar-refractivity contribution in [1.29, 1.82) is 0 Å². The largest absolute Gasteiger partial charge is 0.388 e. The lowest BCUT2D eigenvalue weighted by atomic mass is 9.77. The van der Waals surface area contributed by atoms with E-state index in [1.165, 1.54) is 44.8 Å². The molecule has 6 saturated heterocycles. The van der Waals surface area contributed by atoms with Gasteiger partial charge in [0.2, 0.25) is 24.2 Å². The Morgan fingerprint density at radius 3 is 1.60 bits per heavy atom. The molecule has 6 fully saturated rings. The minimum atomic E-state index is -1.60. The van der Waals surface area contributed by atoms with Crippen LogP contribution in [0, 0.1) is 47.1 Å². The quantitative estimate of drug-likeness (QED) is 0.0347. The molecular formula is C59H85N16O15PS. The van der Waals surface area contributed by atoms with Gasteiger partial charge in [0.25, 0.3) is 37.1 Å². The van der Waals surface area contributed by atoms with Crippen LogP contribution in [0.25, 0.3) is 4.85 Å². The Morgan fingerprint density at radius 2 is 1.16 bits per heavy atom. The number of carbonyl (C=O) groups is 1. The predicted molar refractivity (Wildman–Crippen MR) is 340 cm³/mol. The Hall–Kier alpha value is -6.95. The number of H-pyrrole nitrogens is 3. The molecule has 0 aliphatic carbocycles. The van der Waals surface area contributed by atoms with Crippen LogP contribution in [0.4, 0.5) is 11.9 Å². The molecule has 4 N–H and O–H groups in total. The fraction of sp³-hybridized carbons (Fsp3) is 0.678. The molecule has 5 aromatic heterocycles. The molecule has 92 heavy (non-hydrogen) atoms. The van der Waals surface area contributed by atoms with Crippen molar-refractivity contribution in [2.24, 2.45) is 10.9 Å². The SMILES string of the molecule is CC[C@@]12CCN(C(=NC(C)=O)SC)[C@@H]([C@H](n3cc(C)c(=O)[nH]c3=O)O1)[C@@H]2C.CC[C@@]12CCN(c3noc(C)n3)[C@@H]([C@H](n3cc(C)c(=O)[nH]c3=O)O1)[C@@H]2O.[C-]#[N+]CCOP(O[C@H]1[C@@H]2[C@H](n3cc(C)c(=O)[nH]c3=O)O[C@@]1(CC)CCN2c1noc(C)n1)N(C(C)C)C(C)C. The third kappa shape index (κ3) is 13.2. The Balaban J connectivity index is 0.000000168. The van der Waals surface area contributed by atoms with Crippen LogP contribution in [0.2, 0.25) is 0 Å². The highest BCUT2D eigenvalue weighted by molar-refractivity contribution is 8.13. The van der Waals surface area contributed by atoms with Crippen LogP contribution < -0.4 is 43.5 Å². The van der Waals surface area contributed by atoms with Crippen LogP contribution in [-0.4, -0.2) is 173 Å². The first kappa shape index (κ1) is 69.4. The highest BCUT2D eigenvalue weighted by Crippen LogP contribution is 2.57. The monoisotopic (exact) mass is 1320 g/mol. The van der Waals surface area contributed by atoms with Gasteiger partial charge in [-0.15, -0.1) is 0 Å². The maximum absolute atomic E-state index is 13.1. The second-order valence-electron chi connectivity index (χ2n) is 24.6. The van der Waals surface area contributed by atoms with Crippen molar-refractivity contribution in [1.82, 2.24) is 58.5 Å². The van der Waals surface area contributed by atoms with Crippen LogP contribution in [0.1, 0.15) is 148 Å². The zero-order chi connectivity index (χ0) is 67.1. The Morgan fingerprint density at radius 1 is 0.728 bits per heavy atom. The second-order valence-corrected chi connectivity index (χ2v) is 26.8. The minimum Gasteiger partial charge on any atom is -0.388 e. The van der Waals surface area contributed by atoms with Crippen molar-refractivity contribution in [2.75, 3.05) is 48.8 Å². The number of aliphatic hydroxyl groups excluding tert-OH is 1. The van der Waals surface area contributed by atoms with Gasteiger partial charge in [0.1, 0.15) is 42.1 Å². The highest BCUT2D eigenvalue weighted by Gasteiger charge is 2.64. The van der Waals surface area contributed by atoms with E-state index in [0.29, 0.717) is 90.9 Å². The number of amides is 1. The second kappa shape index (κ2) is 27.9. The summed E-state index contributed by atoms with van der Waals surface area (Å²) in [6, 6.07) is -1.05. The summed E-state index contributed by atoms with van der Waals surface area (Å²) >= 11 is 1.41. The van der Waals surface area contributed by atoms with E-state index in [2.05, 4.69) is 96.2 Å². The van der Waals surface area contributed by atoms with Gasteiger partial charge in [-0.3, -0.25) is 47.8 Å². The van der Waals surface area contributed by atoms with Gasteiger partial charge in [0.15, 0.2) is 23.9 Å². The zero-order valence-corrected chi connectivity index (χ0v) is 56.4. The smallest absolute Gasteiger partial charge is 0.330 e. The zero-order valence-electron chi connectivity index (χ0n) is 54.7. The fourth-order valence-corrected chi connectivity index (χ4v) is 16.2. The molecule has 6 bridgehead atoms. The van der Waals surface area contributed by atoms with Crippen LogP contribution >= 0.6 is 20.3 Å². The average molecular weight is 1320 g/mol. The molecule has 1 amide bonds. The van der Waals surface area contributed by atoms with Crippen LogP contribution in [0.5, 0.6) is 0 Å². The fourth-order valence-electron chi connectivity index (χ4n) is 13.7. The van der Waals surface area contributed by atoms with Gasteiger partial charge in [0.05, 0.1) is 11.6 Å². The lowest BCUT2D eigenvalue weighted by molar-refractivity contribution is -0.115. The van der Waals surface area contributed by atoms with Crippen molar-refractivity contribution >= 4 is 43.3 Å². The van der Waals surface area contributed by atoms with E-state index in [1.807, 2.05) is 25.0 Å². The Bertz CT molecular complexity index is 3920. The van der Waals surface area contributed by atoms with E-state index in [0.717, 1.165) is 12.8 Å². The average Bonchev–Trinajstić information content (AvgIpc) is 1.58. The summed E-state index contributed by atoms with van der Waals surface area (Å²) < 4.78 is 49.4. The molecule has 5 aromatic rings. The maximum Gasteiger partial charge on any atom is 0.330 e. The van der Waals surface area contributed by atoms with Crippen molar-refractivity contribution in [3.8, 4) is 0 Å². The number of nitrogens with zero attached hydrogens (tertiary/aromatic N) is 13. The Labute approximate surface area is 536 Å². The molecule has 0 radical (unpaired) electrons. The summed E-state index contributed by atoms with van der Waals surface area (Å²) in [5.41, 5.74) is -3.53. The summed E-state index contributed by atoms with van der Waals surface area (Å²) in [7, 11) is -1.60. The summed E-state index contributed by atoms with van der Waals surface area (Å²) in [4.78, 5) is 114. The number of hydrogen-bond acceptors (Lipinski definition) is 23. The van der Waals surface area contributed by atoms with Crippen LogP contribution in [-0.2, 0) is 28.1 Å².